The molecule has 10 heteroatoms. The van der Waals surface area contributed by atoms with Crippen molar-refractivity contribution in [1.29, 1.82) is 31.6 Å². The lowest BCUT2D eigenvalue weighted by atomic mass is 9.78. The predicted octanol–water partition coefficient (Wildman–Crippen LogP) is 3.33. The summed E-state index contributed by atoms with van der Waals surface area (Å²) in [5.74, 6) is -1.01. The van der Waals surface area contributed by atoms with Gasteiger partial charge in [0.2, 0.25) is 0 Å². The zero-order chi connectivity index (χ0) is 26.8. The molecule has 0 spiro atoms. The Morgan fingerprint density at radius 3 is 1.63 bits per heavy atom. The van der Waals surface area contributed by atoms with E-state index in [2.05, 4.69) is 32.1 Å². The fraction of sp³-hybridized carbons (Fsp3) is 0.0714. The van der Waals surface area contributed by atoms with Gasteiger partial charge in [0.05, 0.1) is 11.6 Å². The van der Waals surface area contributed by atoms with Crippen LogP contribution >= 0.6 is 0 Å². The number of fused-ring (bicyclic) bond motifs is 2. The summed E-state index contributed by atoms with van der Waals surface area (Å²) in [5, 5.41) is 59.5. The second-order valence-electron chi connectivity index (χ2n) is 8.11. The summed E-state index contributed by atoms with van der Waals surface area (Å²) >= 11 is 0. The molecule has 0 saturated carbocycles. The normalized spacial score (nSPS) is 18.9. The van der Waals surface area contributed by atoms with Crippen LogP contribution in [0.2, 0.25) is 0 Å². The maximum absolute atomic E-state index is 10.2. The molecule has 0 amide bonds. The van der Waals surface area contributed by atoms with Crippen molar-refractivity contribution in [1.82, 2.24) is 19.9 Å². The van der Waals surface area contributed by atoms with Gasteiger partial charge < -0.3 is 0 Å². The lowest BCUT2D eigenvalue weighted by molar-refractivity contribution is 0.649. The molecule has 0 radical (unpaired) electrons. The van der Waals surface area contributed by atoms with Gasteiger partial charge in [-0.15, -0.1) is 0 Å². The van der Waals surface area contributed by atoms with Crippen LogP contribution in [0, 0.1) is 79.8 Å². The van der Waals surface area contributed by atoms with E-state index in [0.717, 1.165) is 0 Å². The molecule has 0 aromatic carbocycles. The van der Waals surface area contributed by atoms with Gasteiger partial charge >= 0.3 is 0 Å². The Morgan fingerprint density at radius 1 is 0.605 bits per heavy atom. The lowest BCUT2D eigenvalue weighted by Gasteiger charge is -2.23. The van der Waals surface area contributed by atoms with Gasteiger partial charge in [-0.2, -0.15) is 31.6 Å². The van der Waals surface area contributed by atoms with Crippen molar-refractivity contribution in [3.05, 3.63) is 105 Å². The second-order valence-corrected chi connectivity index (χ2v) is 8.11. The summed E-state index contributed by atoms with van der Waals surface area (Å²) in [4.78, 5) is 17.0. The van der Waals surface area contributed by atoms with Gasteiger partial charge in [-0.1, -0.05) is 12.2 Å². The molecule has 2 heterocycles. The van der Waals surface area contributed by atoms with E-state index < -0.39 is 11.8 Å². The summed E-state index contributed by atoms with van der Waals surface area (Å²) in [7, 11) is 0. The van der Waals surface area contributed by atoms with E-state index in [-0.39, 0.29) is 56.2 Å². The maximum atomic E-state index is 10.2. The van der Waals surface area contributed by atoms with Gasteiger partial charge in [0.25, 0.3) is 0 Å². The van der Waals surface area contributed by atoms with Crippen molar-refractivity contribution in [3.63, 3.8) is 0 Å². The van der Waals surface area contributed by atoms with Crippen LogP contribution in [0.15, 0.2) is 93.7 Å². The molecule has 5 rings (SSSR count). The Kier molecular flexibility index (Phi) is 5.70. The average molecular weight is 486 g/mol. The van der Waals surface area contributed by atoms with E-state index in [1.807, 2.05) is 24.3 Å². The number of nitriles is 6. The van der Waals surface area contributed by atoms with Gasteiger partial charge in [-0.05, 0) is 23.3 Å². The van der Waals surface area contributed by atoms with Crippen LogP contribution in [0.4, 0.5) is 0 Å². The molecular weight excluding hydrogens is 476 g/mol. The van der Waals surface area contributed by atoms with Gasteiger partial charge in [-0.3, -0.25) is 0 Å². The number of nitrogens with zero attached hydrogens (tertiary/aromatic N) is 10. The van der Waals surface area contributed by atoms with Crippen LogP contribution < -0.4 is 0 Å². The van der Waals surface area contributed by atoms with Gasteiger partial charge in [0, 0.05) is 64.5 Å². The summed E-state index contributed by atoms with van der Waals surface area (Å²) in [5.41, 5.74) is 1.67. The van der Waals surface area contributed by atoms with Crippen LogP contribution in [-0.4, -0.2) is 19.9 Å². The fourth-order valence-electron chi connectivity index (χ4n) is 4.98. The Hall–Kier alpha value is -6.46. The molecule has 172 valence electrons. The van der Waals surface area contributed by atoms with Crippen molar-refractivity contribution in [3.8, 4) is 36.4 Å². The highest BCUT2D eigenvalue weighted by molar-refractivity contribution is 6.00. The Morgan fingerprint density at radius 2 is 1.13 bits per heavy atom. The molecule has 38 heavy (non-hydrogen) atoms. The molecule has 0 N–H and O–H groups in total. The topological polar surface area (TPSA) is 194 Å². The van der Waals surface area contributed by atoms with Crippen LogP contribution in [-0.2, 0) is 0 Å². The van der Waals surface area contributed by atoms with Crippen molar-refractivity contribution >= 4 is 11.1 Å². The molecule has 0 bridgehead atoms. The molecule has 3 aliphatic rings. The first-order chi connectivity index (χ1) is 18.6. The molecular formula is C28H10N10. The molecule has 3 aliphatic carbocycles. The fourth-order valence-corrected chi connectivity index (χ4v) is 4.98. The number of hydrogen-bond acceptors (Lipinski definition) is 10. The zero-order valence-corrected chi connectivity index (χ0v) is 19.2. The zero-order valence-electron chi connectivity index (χ0n) is 19.2. The standard InChI is InChI=1S/C28H10N10/c29-9-15(10-30)23-19-8-18-20(7-17(19)21(13-33)25(23)27-35-3-1-4-36-27)24(16(11-31)12-32)26(22(18)14-34)28-37-5-2-6-38-28/h1-8,17,19H. The third kappa shape index (κ3) is 3.29. The van der Waals surface area contributed by atoms with Crippen molar-refractivity contribution in [2.24, 2.45) is 11.8 Å². The first-order valence-corrected chi connectivity index (χ1v) is 11.0. The van der Waals surface area contributed by atoms with Crippen LogP contribution in [0.25, 0.3) is 11.1 Å². The largest absolute Gasteiger partial charge is 0.237 e. The minimum atomic E-state index is -0.676. The molecule has 0 fully saturated rings. The number of aromatic nitrogens is 4. The average Bonchev–Trinajstić information content (AvgIpc) is 3.46. The van der Waals surface area contributed by atoms with Gasteiger partial charge in [0.15, 0.2) is 11.6 Å². The summed E-state index contributed by atoms with van der Waals surface area (Å²) in [6.07, 6.45) is 9.33. The highest BCUT2D eigenvalue weighted by atomic mass is 14.9. The van der Waals surface area contributed by atoms with Crippen LogP contribution in [0.3, 0.4) is 0 Å². The molecule has 10 nitrogen and oxygen atoms in total. The van der Waals surface area contributed by atoms with E-state index in [9.17, 15) is 31.6 Å². The summed E-state index contributed by atoms with van der Waals surface area (Å²) in [6.45, 7) is 0. The summed E-state index contributed by atoms with van der Waals surface area (Å²) < 4.78 is 0. The van der Waals surface area contributed by atoms with Crippen molar-refractivity contribution in [2.45, 2.75) is 0 Å². The van der Waals surface area contributed by atoms with E-state index in [0.29, 0.717) is 11.1 Å². The number of rotatable bonds is 2. The third-order valence-corrected chi connectivity index (χ3v) is 6.39. The Labute approximate surface area is 216 Å². The minimum Gasteiger partial charge on any atom is -0.237 e. The molecule has 0 saturated heterocycles. The maximum Gasteiger partial charge on any atom is 0.161 e. The second kappa shape index (κ2) is 9.30. The highest BCUT2D eigenvalue weighted by Gasteiger charge is 2.46. The highest BCUT2D eigenvalue weighted by Crippen LogP contribution is 2.56. The predicted molar refractivity (Wildman–Crippen MR) is 129 cm³/mol. The van der Waals surface area contributed by atoms with Crippen molar-refractivity contribution in [2.75, 3.05) is 0 Å². The van der Waals surface area contributed by atoms with Gasteiger partial charge in [0.1, 0.15) is 41.5 Å². The molecule has 2 aromatic heterocycles. The Balaban J connectivity index is 1.87. The third-order valence-electron chi connectivity index (χ3n) is 6.39. The SMILES string of the molecule is N#CC(C#N)=C1C2=CC3C(C#N)=C(c4ncccn4)C(=C(C#N)C#N)C3C=C2C(C#N)=C1c1ncccn1. The Bertz CT molecular complexity index is 1830. The molecule has 0 aliphatic heterocycles. The van der Waals surface area contributed by atoms with E-state index in [4.69, 9.17) is 0 Å². The van der Waals surface area contributed by atoms with E-state index in [1.54, 1.807) is 24.3 Å². The van der Waals surface area contributed by atoms with Crippen LogP contribution in [0.5, 0.6) is 0 Å². The lowest BCUT2D eigenvalue weighted by Crippen LogP contribution is -2.15. The van der Waals surface area contributed by atoms with Gasteiger partial charge in [-0.25, -0.2) is 19.9 Å². The molecule has 2 aromatic rings. The van der Waals surface area contributed by atoms with Crippen LogP contribution in [0.1, 0.15) is 11.6 Å². The van der Waals surface area contributed by atoms with E-state index >= 15 is 0 Å². The van der Waals surface area contributed by atoms with Crippen molar-refractivity contribution < 1.29 is 0 Å². The number of allylic oxidation sites excluding steroid dienone is 12. The minimum absolute atomic E-state index is 0.136. The quantitative estimate of drug-likeness (QED) is 0.568. The van der Waals surface area contributed by atoms with E-state index in [1.165, 1.54) is 24.8 Å². The smallest absolute Gasteiger partial charge is 0.161 e. The first kappa shape index (κ1) is 23.3. The summed E-state index contributed by atoms with van der Waals surface area (Å²) in [6, 6.07) is 15.2. The molecule has 2 unspecified atom stereocenters. The number of hydrogen-bond donors (Lipinski definition) is 0. The molecule has 2 atom stereocenters. The monoisotopic (exact) mass is 486 g/mol. The first-order valence-electron chi connectivity index (χ1n) is 11.0.